The number of hydrogen-bond donors (Lipinski definition) is 0. The van der Waals surface area contributed by atoms with Gasteiger partial charge in [-0.15, -0.1) is 0 Å². The molecule has 0 amide bonds. The highest BCUT2D eigenvalue weighted by Crippen LogP contribution is 2.65. The summed E-state index contributed by atoms with van der Waals surface area (Å²) in [6.07, 6.45) is 0. The van der Waals surface area contributed by atoms with E-state index in [1.165, 1.54) is 89.0 Å². The Balaban J connectivity index is 0.00000320. The zero-order chi connectivity index (χ0) is 33.3. The first kappa shape index (κ1) is 29.7. The van der Waals surface area contributed by atoms with Crippen LogP contribution in [0.25, 0.3) is 44.5 Å². The fourth-order valence-corrected chi connectivity index (χ4v) is 10.4. The normalized spacial score (nSPS) is 14.7. The molecule has 0 radical (unpaired) electrons. The average molecular weight is 681 g/mol. The van der Waals surface area contributed by atoms with Crippen molar-refractivity contribution >= 4 is 9.90 Å². The first-order valence-corrected chi connectivity index (χ1v) is 17.8. The van der Waals surface area contributed by atoms with Crippen molar-refractivity contribution in [2.75, 3.05) is 0 Å². The van der Waals surface area contributed by atoms with Crippen LogP contribution in [0.4, 0.5) is 0 Å². The molecule has 2 spiro atoms. The molecule has 244 valence electrons. The molecule has 52 heavy (non-hydrogen) atoms. The molecule has 8 aromatic rings. The molecule has 1 unspecified atom stereocenters. The molecule has 0 aliphatic heterocycles. The second-order valence-corrected chi connectivity index (χ2v) is 14.3. The monoisotopic (exact) mass is 680 g/mol. The summed E-state index contributed by atoms with van der Waals surface area (Å²) < 4.78 is 6.98. The number of hydrogen-bond acceptors (Lipinski definition) is 1. The van der Waals surface area contributed by atoms with Crippen molar-refractivity contribution in [2.24, 2.45) is 0 Å². The van der Waals surface area contributed by atoms with Crippen LogP contribution in [-0.4, -0.2) is 0 Å². The molecule has 2 heteroatoms. The van der Waals surface area contributed by atoms with Gasteiger partial charge in [0.05, 0.1) is 10.8 Å². The fourth-order valence-electron chi connectivity index (χ4n) is 10.4. The maximum Gasteiger partial charge on any atom is 0.127 e. The summed E-state index contributed by atoms with van der Waals surface area (Å²) in [7, 11) is 0. The Morgan fingerprint density at radius 2 is 0.481 bits per heavy atom. The maximum atomic E-state index is 6.98. The van der Waals surface area contributed by atoms with E-state index in [0.29, 0.717) is 0 Å². The molecule has 4 aliphatic carbocycles. The Labute approximate surface area is 306 Å². The van der Waals surface area contributed by atoms with E-state index in [2.05, 4.69) is 182 Å². The van der Waals surface area contributed by atoms with E-state index in [-0.39, 0.29) is 9.90 Å². The number of ether oxygens (including phenoxy) is 1. The molecule has 1 atom stereocenters. The fraction of sp³-hybridized carbons (Fsp3) is 0.0400. The Kier molecular flexibility index (Phi) is 6.00. The van der Waals surface area contributed by atoms with Crippen LogP contribution in [0.5, 0.6) is 11.5 Å². The van der Waals surface area contributed by atoms with Crippen molar-refractivity contribution in [3.05, 3.63) is 226 Å². The zero-order valence-electron chi connectivity index (χ0n) is 28.4. The van der Waals surface area contributed by atoms with Gasteiger partial charge in [-0.1, -0.05) is 158 Å². The topological polar surface area (TPSA) is 9.23 Å². The van der Waals surface area contributed by atoms with Crippen molar-refractivity contribution in [1.29, 1.82) is 0 Å². The maximum absolute atomic E-state index is 6.98. The van der Waals surface area contributed by atoms with Crippen molar-refractivity contribution in [1.82, 2.24) is 0 Å². The largest absolute Gasteiger partial charge is 0.457 e. The predicted octanol–water partition coefficient (Wildman–Crippen LogP) is 12.2. The number of benzene rings is 8. The van der Waals surface area contributed by atoms with E-state index in [4.69, 9.17) is 4.74 Å². The lowest BCUT2D eigenvalue weighted by Crippen LogP contribution is -2.26. The zero-order valence-corrected chi connectivity index (χ0v) is 29.9. The molecular weight excluding hydrogens is 648 g/mol. The molecule has 0 saturated heterocycles. The molecule has 0 bridgehead atoms. The Morgan fingerprint density at radius 1 is 0.250 bits per heavy atom. The third-order valence-electron chi connectivity index (χ3n) is 12.2. The molecule has 1 nitrogen and oxygen atoms in total. The van der Waals surface area contributed by atoms with E-state index in [1.54, 1.807) is 0 Å². The summed E-state index contributed by atoms with van der Waals surface area (Å²) in [6.45, 7) is 0. The van der Waals surface area contributed by atoms with Gasteiger partial charge in [0.2, 0.25) is 0 Å². The molecule has 0 aromatic heterocycles. The van der Waals surface area contributed by atoms with Gasteiger partial charge in [-0.05, 0) is 113 Å². The minimum Gasteiger partial charge on any atom is -0.457 e. The van der Waals surface area contributed by atoms with E-state index in [1.807, 2.05) is 0 Å². The summed E-state index contributed by atoms with van der Waals surface area (Å²) in [5, 5.41) is 0. The highest BCUT2D eigenvalue weighted by atomic mass is 31.0. The van der Waals surface area contributed by atoms with Crippen LogP contribution in [-0.2, 0) is 10.8 Å². The average Bonchev–Trinajstić information content (AvgIpc) is 3.87. The van der Waals surface area contributed by atoms with Crippen molar-refractivity contribution in [3.63, 3.8) is 0 Å². The molecule has 0 fully saturated rings. The lowest BCUT2D eigenvalue weighted by Gasteiger charge is -2.31. The molecule has 4 aliphatic rings. The standard InChI is InChI=1S/C50H30O.H3P/c1-7-19-41-33(13-1)34-14-2-8-20-42(34)49(41)45-23-11-5-17-37(45)39-27-25-31(29-47(39)49)51-32-26-28-40-38-18-6-12-24-46(38)50(48(40)30-32)43-21-9-3-15-35(43)36-16-4-10-22-44(36)50;/h1-30H;1H3. The highest BCUT2D eigenvalue weighted by molar-refractivity contribution is 6.92. The minimum atomic E-state index is -0.403. The summed E-state index contributed by atoms with van der Waals surface area (Å²) >= 11 is 0. The molecule has 0 saturated carbocycles. The van der Waals surface area contributed by atoms with Gasteiger partial charge in [0.1, 0.15) is 11.5 Å². The van der Waals surface area contributed by atoms with Crippen LogP contribution < -0.4 is 4.74 Å². The lowest BCUT2D eigenvalue weighted by atomic mass is 9.70. The van der Waals surface area contributed by atoms with Gasteiger partial charge in [0, 0.05) is 0 Å². The number of fused-ring (bicyclic) bond motifs is 20. The van der Waals surface area contributed by atoms with Gasteiger partial charge in [-0.3, -0.25) is 0 Å². The second-order valence-electron chi connectivity index (χ2n) is 14.3. The third-order valence-corrected chi connectivity index (χ3v) is 12.2. The summed E-state index contributed by atoms with van der Waals surface area (Å²) in [5.74, 6) is 1.69. The number of rotatable bonds is 2. The third kappa shape index (κ3) is 3.43. The molecule has 12 rings (SSSR count). The Bertz CT molecular complexity index is 2490. The lowest BCUT2D eigenvalue weighted by molar-refractivity contribution is 0.480. The summed E-state index contributed by atoms with van der Waals surface area (Å²) in [5.41, 5.74) is 20.1. The molecule has 8 aromatic carbocycles. The molecule has 0 N–H and O–H groups in total. The quantitative estimate of drug-likeness (QED) is 0.165. The van der Waals surface area contributed by atoms with Crippen LogP contribution in [0.3, 0.4) is 0 Å². The van der Waals surface area contributed by atoms with Gasteiger partial charge in [-0.2, -0.15) is 9.90 Å². The summed E-state index contributed by atoms with van der Waals surface area (Å²) in [4.78, 5) is 0. The van der Waals surface area contributed by atoms with Gasteiger partial charge >= 0.3 is 0 Å². The first-order valence-electron chi connectivity index (χ1n) is 17.8. The van der Waals surface area contributed by atoms with Gasteiger partial charge in [0.25, 0.3) is 0 Å². The van der Waals surface area contributed by atoms with Gasteiger partial charge in [-0.25, -0.2) is 0 Å². The van der Waals surface area contributed by atoms with E-state index < -0.39 is 10.8 Å². The van der Waals surface area contributed by atoms with Gasteiger partial charge in [0.15, 0.2) is 0 Å². The SMILES string of the molecule is P.c1ccc2c(c1)-c1ccccc1C21c2ccccc2-c2ccc(Oc3ccc4c(c3)C3(c5ccccc5-c5ccccc53)c3ccccc3-4)cc21. The summed E-state index contributed by atoms with van der Waals surface area (Å²) in [6, 6.07) is 67.2. The van der Waals surface area contributed by atoms with Crippen molar-refractivity contribution in [3.8, 4) is 56.0 Å². The highest BCUT2D eigenvalue weighted by Gasteiger charge is 2.53. The molecule has 0 heterocycles. The Hall–Kier alpha value is -6.01. The van der Waals surface area contributed by atoms with E-state index >= 15 is 0 Å². The second kappa shape index (κ2) is 10.5. The van der Waals surface area contributed by atoms with Crippen LogP contribution >= 0.6 is 9.90 Å². The predicted molar refractivity (Wildman–Crippen MR) is 217 cm³/mol. The van der Waals surface area contributed by atoms with Crippen molar-refractivity contribution in [2.45, 2.75) is 10.8 Å². The van der Waals surface area contributed by atoms with E-state index in [9.17, 15) is 0 Å². The Morgan fingerprint density at radius 3 is 0.750 bits per heavy atom. The van der Waals surface area contributed by atoms with E-state index in [0.717, 1.165) is 11.5 Å². The minimum absolute atomic E-state index is 0. The smallest absolute Gasteiger partial charge is 0.127 e. The van der Waals surface area contributed by atoms with Crippen LogP contribution in [0, 0.1) is 0 Å². The molecular formula is C50H33OP. The van der Waals surface area contributed by atoms with Gasteiger partial charge < -0.3 is 4.74 Å². The van der Waals surface area contributed by atoms with Crippen molar-refractivity contribution < 1.29 is 4.74 Å². The first-order chi connectivity index (χ1) is 25.3. The van der Waals surface area contributed by atoms with Crippen LogP contribution in [0.2, 0.25) is 0 Å². The van der Waals surface area contributed by atoms with Crippen LogP contribution in [0.15, 0.2) is 182 Å². The van der Waals surface area contributed by atoms with Crippen LogP contribution in [0.1, 0.15) is 44.5 Å².